The van der Waals surface area contributed by atoms with Gasteiger partial charge in [0.15, 0.2) is 14.6 Å². The quantitative estimate of drug-likeness (QED) is 0.196. The average molecular weight is 272 g/mol. The Kier molecular flexibility index (Phi) is 9.02. The number of hydrogen-bond donors (Lipinski definition) is 0. The molecule has 1 unspecified atom stereocenters. The topological polar surface area (TPSA) is 35.5 Å². The summed E-state index contributed by atoms with van der Waals surface area (Å²) in [6.45, 7) is 11.7. The first-order chi connectivity index (χ1) is 8.41. The number of carbonyl (C=O) groups is 1. The summed E-state index contributed by atoms with van der Waals surface area (Å²) >= 11 is 0. The second kappa shape index (κ2) is 9.33. The van der Waals surface area contributed by atoms with Crippen LogP contribution in [0.15, 0.2) is 12.7 Å². The van der Waals surface area contributed by atoms with Gasteiger partial charge in [-0.05, 0) is 26.1 Å². The van der Waals surface area contributed by atoms with E-state index >= 15 is 0 Å². The fourth-order valence-corrected chi connectivity index (χ4v) is 4.06. The van der Waals surface area contributed by atoms with E-state index in [2.05, 4.69) is 26.6 Å². The molecule has 0 bridgehead atoms. The molecule has 18 heavy (non-hydrogen) atoms. The molecular formula is C14H28O3Si. The molecule has 1 atom stereocenters. The van der Waals surface area contributed by atoms with E-state index in [0.29, 0.717) is 0 Å². The van der Waals surface area contributed by atoms with Crippen molar-refractivity contribution in [2.75, 3.05) is 0 Å². The highest BCUT2D eigenvalue weighted by Crippen LogP contribution is 2.19. The number of ether oxygens (including phenoxy) is 1. The summed E-state index contributed by atoms with van der Waals surface area (Å²) in [5, 5.41) is 0. The van der Waals surface area contributed by atoms with Crippen LogP contribution in [-0.4, -0.2) is 20.6 Å². The van der Waals surface area contributed by atoms with Crippen LogP contribution in [0.4, 0.5) is 0 Å². The van der Waals surface area contributed by atoms with Crippen molar-refractivity contribution in [2.45, 2.75) is 71.4 Å². The molecule has 4 heteroatoms. The summed E-state index contributed by atoms with van der Waals surface area (Å²) in [7, 11) is -1.72. The highest BCUT2D eigenvalue weighted by atomic mass is 28.4. The van der Waals surface area contributed by atoms with Crippen LogP contribution in [0.25, 0.3) is 0 Å². The molecule has 0 saturated heterocycles. The number of esters is 1. The maximum Gasteiger partial charge on any atom is 0.332 e. The third kappa shape index (κ3) is 9.42. The molecular weight excluding hydrogens is 244 g/mol. The van der Waals surface area contributed by atoms with Gasteiger partial charge in [-0.3, -0.25) is 0 Å². The third-order valence-corrected chi connectivity index (χ3v) is 5.34. The fraction of sp³-hybridized carbons (Fsp3) is 0.786. The van der Waals surface area contributed by atoms with Gasteiger partial charge < -0.3 is 9.16 Å². The van der Waals surface area contributed by atoms with E-state index in [1.54, 1.807) is 6.92 Å². The van der Waals surface area contributed by atoms with Gasteiger partial charge in [-0.25, -0.2) is 4.79 Å². The predicted molar refractivity (Wildman–Crippen MR) is 77.9 cm³/mol. The molecule has 0 saturated carbocycles. The van der Waals surface area contributed by atoms with Gasteiger partial charge in [0.25, 0.3) is 0 Å². The summed E-state index contributed by atoms with van der Waals surface area (Å²) in [6, 6.07) is 1.12. The lowest BCUT2D eigenvalue weighted by molar-refractivity contribution is -0.155. The van der Waals surface area contributed by atoms with Gasteiger partial charge in [-0.15, -0.1) is 0 Å². The zero-order valence-corrected chi connectivity index (χ0v) is 13.3. The number of rotatable bonds is 10. The Morgan fingerprint density at radius 1 is 1.28 bits per heavy atom. The van der Waals surface area contributed by atoms with E-state index in [-0.39, 0.29) is 0 Å². The van der Waals surface area contributed by atoms with E-state index in [4.69, 9.17) is 9.16 Å². The molecule has 0 fully saturated rings. The minimum absolute atomic E-state index is 0.421. The zero-order valence-electron chi connectivity index (χ0n) is 12.3. The summed E-state index contributed by atoms with van der Waals surface area (Å²) in [4.78, 5) is 11.0. The van der Waals surface area contributed by atoms with Crippen molar-refractivity contribution in [3.8, 4) is 0 Å². The number of hydrogen-bond acceptors (Lipinski definition) is 3. The van der Waals surface area contributed by atoms with Crippen LogP contribution in [-0.2, 0) is 14.0 Å². The lowest BCUT2D eigenvalue weighted by atomic mass is 10.2. The van der Waals surface area contributed by atoms with Gasteiger partial charge in [0.05, 0.1) is 0 Å². The first-order valence-electron chi connectivity index (χ1n) is 6.92. The monoisotopic (exact) mass is 272 g/mol. The maximum atomic E-state index is 11.0. The Morgan fingerprint density at radius 2 is 1.89 bits per heavy atom. The fourth-order valence-electron chi connectivity index (χ4n) is 1.90. The van der Waals surface area contributed by atoms with Gasteiger partial charge in [0.1, 0.15) is 0 Å². The lowest BCUT2D eigenvalue weighted by Crippen LogP contribution is -2.36. The van der Waals surface area contributed by atoms with E-state index in [0.717, 1.165) is 6.04 Å². The summed E-state index contributed by atoms with van der Waals surface area (Å²) in [6.07, 6.45) is 7.08. The Morgan fingerprint density at radius 3 is 2.44 bits per heavy atom. The van der Waals surface area contributed by atoms with Crippen LogP contribution >= 0.6 is 0 Å². The van der Waals surface area contributed by atoms with Gasteiger partial charge in [-0.1, -0.05) is 45.6 Å². The lowest BCUT2D eigenvalue weighted by Gasteiger charge is -2.26. The second-order valence-corrected chi connectivity index (χ2v) is 9.51. The Balaban J connectivity index is 3.83. The van der Waals surface area contributed by atoms with Gasteiger partial charge in [0, 0.05) is 6.08 Å². The van der Waals surface area contributed by atoms with Gasteiger partial charge in [0.2, 0.25) is 0 Å². The Hall–Kier alpha value is -0.613. The highest BCUT2D eigenvalue weighted by Gasteiger charge is 2.25. The van der Waals surface area contributed by atoms with Crippen molar-refractivity contribution in [3.05, 3.63) is 12.7 Å². The number of carbonyl (C=O) groups excluding carboxylic acids is 1. The Bertz CT molecular complexity index is 251. The van der Waals surface area contributed by atoms with Crippen molar-refractivity contribution < 1.29 is 14.0 Å². The van der Waals surface area contributed by atoms with E-state index in [9.17, 15) is 4.79 Å². The molecule has 0 aromatic carbocycles. The number of unbranched alkanes of at least 4 members (excludes halogenated alkanes) is 4. The predicted octanol–water partition coefficient (Wildman–Crippen LogP) is 4.25. The van der Waals surface area contributed by atoms with Crippen molar-refractivity contribution in [1.29, 1.82) is 0 Å². The molecule has 0 aliphatic rings. The second-order valence-electron chi connectivity index (χ2n) is 5.25. The largest absolute Gasteiger partial charge is 0.434 e. The van der Waals surface area contributed by atoms with Crippen LogP contribution in [0.1, 0.15) is 46.0 Å². The van der Waals surface area contributed by atoms with E-state index in [1.165, 1.54) is 38.2 Å². The third-order valence-electron chi connectivity index (χ3n) is 2.82. The molecule has 0 heterocycles. The standard InChI is InChI=1S/C14H28O3Si/c1-6-8-9-10-11-12-18(4,5)17-13(3)16-14(15)7-2/h7,13H,2,6,8-12H2,1,3-5H3. The van der Waals surface area contributed by atoms with Crippen molar-refractivity contribution in [3.63, 3.8) is 0 Å². The summed E-state index contributed by atoms with van der Waals surface area (Å²) in [5.41, 5.74) is 0. The SMILES string of the molecule is C=CC(=O)OC(C)O[Si](C)(C)CCCCCCC. The molecule has 0 N–H and O–H groups in total. The highest BCUT2D eigenvalue weighted by molar-refractivity contribution is 6.71. The first kappa shape index (κ1) is 17.4. The van der Waals surface area contributed by atoms with E-state index < -0.39 is 20.6 Å². The minimum Gasteiger partial charge on any atom is -0.434 e. The molecule has 0 aromatic heterocycles. The molecule has 3 nitrogen and oxygen atoms in total. The molecule has 0 spiro atoms. The van der Waals surface area contributed by atoms with Gasteiger partial charge >= 0.3 is 5.97 Å². The summed E-state index contributed by atoms with van der Waals surface area (Å²) in [5.74, 6) is -0.421. The van der Waals surface area contributed by atoms with Crippen molar-refractivity contribution in [1.82, 2.24) is 0 Å². The van der Waals surface area contributed by atoms with Crippen molar-refractivity contribution >= 4 is 14.3 Å². The minimum atomic E-state index is -1.72. The van der Waals surface area contributed by atoms with Crippen LogP contribution in [0.5, 0.6) is 0 Å². The summed E-state index contributed by atoms with van der Waals surface area (Å²) < 4.78 is 10.9. The van der Waals surface area contributed by atoms with Crippen LogP contribution < -0.4 is 0 Å². The maximum absolute atomic E-state index is 11.0. The molecule has 0 aliphatic carbocycles. The molecule has 0 rings (SSSR count). The molecule has 106 valence electrons. The smallest absolute Gasteiger partial charge is 0.332 e. The van der Waals surface area contributed by atoms with Crippen LogP contribution in [0.3, 0.4) is 0 Å². The van der Waals surface area contributed by atoms with Crippen molar-refractivity contribution in [2.24, 2.45) is 0 Å². The average Bonchev–Trinajstić information content (AvgIpc) is 2.27. The molecule has 0 aromatic rings. The normalized spacial score (nSPS) is 13.1. The van der Waals surface area contributed by atoms with Gasteiger partial charge in [-0.2, -0.15) is 0 Å². The zero-order chi connectivity index (χ0) is 14.0. The Labute approximate surface area is 113 Å². The van der Waals surface area contributed by atoms with Crippen LogP contribution in [0, 0.1) is 0 Å². The first-order valence-corrected chi connectivity index (χ1v) is 10.0. The molecule has 0 aliphatic heterocycles. The van der Waals surface area contributed by atoms with E-state index in [1.807, 2.05) is 0 Å². The molecule has 0 radical (unpaired) electrons. The van der Waals surface area contributed by atoms with Crippen LogP contribution in [0.2, 0.25) is 19.1 Å². The molecule has 0 amide bonds.